The molecule has 4 aromatic carbocycles. The predicted octanol–water partition coefficient (Wildman–Crippen LogP) is 5.53. The van der Waals surface area contributed by atoms with Crippen molar-refractivity contribution >= 4 is 34.0 Å². The summed E-state index contributed by atoms with van der Waals surface area (Å²) < 4.78 is 0. The zero-order valence-corrected chi connectivity index (χ0v) is 14.2. The zero-order valence-electron chi connectivity index (χ0n) is 14.2. The van der Waals surface area contributed by atoms with Crippen molar-refractivity contribution in [2.45, 2.75) is 13.1 Å². The molecule has 0 saturated carbocycles. The number of benzene rings is 4. The molecule has 0 radical (unpaired) electrons. The lowest BCUT2D eigenvalue weighted by molar-refractivity contribution is 1.08. The molecule has 0 fully saturated rings. The van der Waals surface area contributed by atoms with Gasteiger partial charge in [-0.3, -0.25) is 9.98 Å². The summed E-state index contributed by atoms with van der Waals surface area (Å²) in [4.78, 5) is 9.15. The van der Waals surface area contributed by atoms with Gasteiger partial charge in [0.2, 0.25) is 0 Å². The van der Waals surface area contributed by atoms with Gasteiger partial charge in [-0.2, -0.15) is 0 Å². The van der Waals surface area contributed by atoms with Gasteiger partial charge in [-0.25, -0.2) is 0 Å². The molecule has 0 unspecified atom stereocenters. The van der Waals surface area contributed by atoms with Crippen LogP contribution in [0.4, 0.5) is 0 Å². The van der Waals surface area contributed by atoms with Crippen LogP contribution in [0, 0.1) is 0 Å². The van der Waals surface area contributed by atoms with E-state index < -0.39 is 0 Å². The molecule has 6 rings (SSSR count). The Morgan fingerprint density at radius 2 is 1.42 bits per heavy atom. The van der Waals surface area contributed by atoms with Crippen molar-refractivity contribution < 1.29 is 0 Å². The highest BCUT2D eigenvalue weighted by atomic mass is 14.7. The number of hydrogen-bond donors (Lipinski definition) is 0. The predicted molar refractivity (Wildman–Crippen MR) is 109 cm³/mol. The van der Waals surface area contributed by atoms with Crippen molar-refractivity contribution in [3.05, 3.63) is 82.9 Å². The third-order valence-electron chi connectivity index (χ3n) is 5.55. The zero-order chi connectivity index (χ0) is 17.1. The summed E-state index contributed by atoms with van der Waals surface area (Å²) >= 11 is 0. The Labute approximate surface area is 151 Å². The fourth-order valence-electron chi connectivity index (χ4n) is 4.41. The van der Waals surface area contributed by atoms with Crippen LogP contribution in [-0.2, 0) is 13.1 Å². The fourth-order valence-corrected chi connectivity index (χ4v) is 4.41. The lowest BCUT2D eigenvalue weighted by atomic mass is 9.88. The van der Waals surface area contributed by atoms with Gasteiger partial charge in [-0.05, 0) is 55.9 Å². The second-order valence-corrected chi connectivity index (χ2v) is 7.06. The van der Waals surface area contributed by atoms with E-state index in [0.717, 1.165) is 13.1 Å². The highest BCUT2D eigenvalue weighted by molar-refractivity contribution is 6.11. The Bertz CT molecular complexity index is 1280. The number of rotatable bonds is 1. The SMILES string of the molecule is C1=NCc2cccc3cc(-c4ccc5cccc6c5c4C=NC6)cc1c23. The van der Waals surface area contributed by atoms with Crippen molar-refractivity contribution in [3.63, 3.8) is 0 Å². The summed E-state index contributed by atoms with van der Waals surface area (Å²) in [5, 5.41) is 5.26. The van der Waals surface area contributed by atoms with E-state index in [4.69, 9.17) is 0 Å². The van der Waals surface area contributed by atoms with Gasteiger partial charge in [0.15, 0.2) is 0 Å². The van der Waals surface area contributed by atoms with Crippen LogP contribution >= 0.6 is 0 Å². The van der Waals surface area contributed by atoms with E-state index in [1.54, 1.807) is 0 Å². The van der Waals surface area contributed by atoms with E-state index in [9.17, 15) is 0 Å². The lowest BCUT2D eigenvalue weighted by Crippen LogP contribution is -2.01. The topological polar surface area (TPSA) is 24.7 Å². The van der Waals surface area contributed by atoms with Gasteiger partial charge in [0.05, 0.1) is 13.1 Å². The summed E-state index contributed by atoms with van der Waals surface area (Å²) in [6.07, 6.45) is 4.07. The standard InChI is InChI=1S/C24H16N2/c1-3-15-7-8-21(22-14-26-12-18(6-1)24(15)22)19-9-16-4-2-5-17-11-25-13-20(10-19)23(16)17/h1-10,13-14H,11-12H2. The van der Waals surface area contributed by atoms with Crippen molar-refractivity contribution in [1.82, 2.24) is 0 Å². The first-order valence-electron chi connectivity index (χ1n) is 8.99. The van der Waals surface area contributed by atoms with Crippen LogP contribution < -0.4 is 0 Å². The number of nitrogens with zero attached hydrogens (tertiary/aromatic N) is 2. The van der Waals surface area contributed by atoms with E-state index in [1.165, 1.54) is 54.9 Å². The molecule has 26 heavy (non-hydrogen) atoms. The van der Waals surface area contributed by atoms with E-state index >= 15 is 0 Å². The van der Waals surface area contributed by atoms with Gasteiger partial charge in [0.25, 0.3) is 0 Å². The summed E-state index contributed by atoms with van der Waals surface area (Å²) in [5.74, 6) is 0. The van der Waals surface area contributed by atoms with Crippen LogP contribution in [0.1, 0.15) is 22.3 Å². The number of hydrogen-bond acceptors (Lipinski definition) is 2. The smallest absolute Gasteiger partial charge is 0.0646 e. The van der Waals surface area contributed by atoms with Gasteiger partial charge >= 0.3 is 0 Å². The van der Waals surface area contributed by atoms with E-state index in [2.05, 4.69) is 70.6 Å². The van der Waals surface area contributed by atoms with Gasteiger partial charge in [-0.1, -0.05) is 48.5 Å². The van der Waals surface area contributed by atoms with Crippen molar-refractivity contribution in [2.75, 3.05) is 0 Å². The van der Waals surface area contributed by atoms with Crippen molar-refractivity contribution in [2.24, 2.45) is 9.98 Å². The monoisotopic (exact) mass is 332 g/mol. The second-order valence-electron chi connectivity index (χ2n) is 7.06. The highest BCUT2D eigenvalue weighted by Crippen LogP contribution is 2.36. The minimum atomic E-state index is 0.771. The maximum Gasteiger partial charge on any atom is 0.0646 e. The minimum absolute atomic E-state index is 0.771. The Balaban J connectivity index is 1.69. The molecule has 2 nitrogen and oxygen atoms in total. The molecule has 0 spiro atoms. The normalized spacial score (nSPS) is 14.3. The largest absolute Gasteiger partial charge is 0.288 e. The van der Waals surface area contributed by atoms with Crippen molar-refractivity contribution in [3.8, 4) is 11.1 Å². The lowest BCUT2D eigenvalue weighted by Gasteiger charge is -2.18. The van der Waals surface area contributed by atoms with Crippen LogP contribution in [0.15, 0.2) is 70.6 Å². The summed E-state index contributed by atoms with van der Waals surface area (Å²) in [6.45, 7) is 1.55. The Hall–Kier alpha value is -3.26. The van der Waals surface area contributed by atoms with Gasteiger partial charge in [0.1, 0.15) is 0 Å². The molecule has 0 amide bonds. The first-order valence-corrected chi connectivity index (χ1v) is 8.99. The molecule has 2 aliphatic rings. The van der Waals surface area contributed by atoms with E-state index in [-0.39, 0.29) is 0 Å². The molecular formula is C24H16N2. The summed E-state index contributed by atoms with van der Waals surface area (Å²) in [6, 6.07) is 22.1. The van der Waals surface area contributed by atoms with Crippen LogP contribution in [0.3, 0.4) is 0 Å². The molecule has 0 bridgehead atoms. The van der Waals surface area contributed by atoms with E-state index in [1.807, 2.05) is 12.4 Å². The van der Waals surface area contributed by atoms with Crippen LogP contribution in [-0.4, -0.2) is 12.4 Å². The van der Waals surface area contributed by atoms with Crippen molar-refractivity contribution in [1.29, 1.82) is 0 Å². The summed E-state index contributed by atoms with van der Waals surface area (Å²) in [7, 11) is 0. The van der Waals surface area contributed by atoms with Crippen LogP contribution in [0.5, 0.6) is 0 Å². The third kappa shape index (κ3) is 1.87. The van der Waals surface area contributed by atoms with Crippen LogP contribution in [0.2, 0.25) is 0 Å². The molecule has 0 aliphatic carbocycles. The average molecular weight is 332 g/mol. The average Bonchev–Trinajstić information content (AvgIpc) is 2.69. The first kappa shape index (κ1) is 14.0. The molecule has 122 valence electrons. The van der Waals surface area contributed by atoms with Crippen LogP contribution in [0.25, 0.3) is 32.7 Å². The van der Waals surface area contributed by atoms with Gasteiger partial charge in [0, 0.05) is 23.6 Å². The molecule has 0 aromatic heterocycles. The Morgan fingerprint density at radius 1 is 0.654 bits per heavy atom. The molecule has 0 saturated heterocycles. The number of aliphatic imine (C=N–C) groups is 2. The van der Waals surface area contributed by atoms with E-state index in [0.29, 0.717) is 0 Å². The minimum Gasteiger partial charge on any atom is -0.288 e. The molecule has 2 aliphatic heterocycles. The molecule has 0 atom stereocenters. The summed E-state index contributed by atoms with van der Waals surface area (Å²) in [5.41, 5.74) is 7.56. The first-order chi connectivity index (χ1) is 12.9. The molecule has 2 heterocycles. The third-order valence-corrected chi connectivity index (χ3v) is 5.55. The molecule has 0 N–H and O–H groups in total. The fraction of sp³-hybridized carbons (Fsp3) is 0.0833. The molecular weight excluding hydrogens is 316 g/mol. The molecule has 2 heteroatoms. The maximum atomic E-state index is 4.61. The Kier molecular flexibility index (Phi) is 2.75. The molecule has 4 aromatic rings. The maximum absolute atomic E-state index is 4.61. The highest BCUT2D eigenvalue weighted by Gasteiger charge is 2.16. The second kappa shape index (κ2) is 5.12. The quantitative estimate of drug-likeness (QED) is 0.438. The Morgan fingerprint density at radius 3 is 2.31 bits per heavy atom. The van der Waals surface area contributed by atoms with Gasteiger partial charge in [-0.15, -0.1) is 0 Å². The van der Waals surface area contributed by atoms with Gasteiger partial charge < -0.3 is 0 Å².